The lowest BCUT2D eigenvalue weighted by Crippen LogP contribution is -2.27. The van der Waals surface area contributed by atoms with E-state index in [1.165, 1.54) is 9.13 Å². The molecular formula is C21H22N2O5. The molecule has 2 heterocycles. The Bertz CT molecular complexity index is 1110. The van der Waals surface area contributed by atoms with Gasteiger partial charge in [-0.15, -0.1) is 0 Å². The number of carboxylic acids is 1. The molecule has 0 spiro atoms. The van der Waals surface area contributed by atoms with Crippen molar-refractivity contribution >= 4 is 22.7 Å². The summed E-state index contributed by atoms with van der Waals surface area (Å²) >= 11 is 0. The number of aromatic carboxylic acids is 1. The second-order valence-corrected chi connectivity index (χ2v) is 6.40. The number of nitrogens with zero attached hydrogens (tertiary/aromatic N) is 2. The van der Waals surface area contributed by atoms with E-state index in [-0.39, 0.29) is 35.8 Å². The second kappa shape index (κ2) is 7.72. The zero-order valence-corrected chi connectivity index (χ0v) is 16.1. The Morgan fingerprint density at radius 2 is 1.82 bits per heavy atom. The van der Waals surface area contributed by atoms with Crippen LogP contribution in [0.5, 0.6) is 5.75 Å². The number of fused-ring (bicyclic) bond motifs is 1. The number of hydrogen-bond donors (Lipinski definition) is 1. The van der Waals surface area contributed by atoms with Gasteiger partial charge in [-0.25, -0.2) is 4.79 Å². The summed E-state index contributed by atoms with van der Waals surface area (Å²) < 4.78 is 8.39. The highest BCUT2D eigenvalue weighted by Gasteiger charge is 2.26. The predicted octanol–water partition coefficient (Wildman–Crippen LogP) is 2.88. The fourth-order valence-electron chi connectivity index (χ4n) is 3.40. The van der Waals surface area contributed by atoms with Crippen LogP contribution in [0, 0.1) is 0 Å². The molecule has 0 fully saturated rings. The predicted molar refractivity (Wildman–Crippen MR) is 105 cm³/mol. The van der Waals surface area contributed by atoms with Gasteiger partial charge in [0.25, 0.3) is 5.56 Å². The summed E-state index contributed by atoms with van der Waals surface area (Å²) in [6.07, 6.45) is 0.519. The highest BCUT2D eigenvalue weighted by molar-refractivity contribution is 6.01. The number of carbonyl (C=O) groups excluding carboxylic acids is 1. The van der Waals surface area contributed by atoms with Crippen LogP contribution in [0.3, 0.4) is 0 Å². The van der Waals surface area contributed by atoms with Crippen molar-refractivity contribution in [2.24, 2.45) is 7.05 Å². The number of hydrogen-bond acceptors (Lipinski definition) is 4. The molecule has 0 aliphatic heterocycles. The quantitative estimate of drug-likeness (QED) is 0.635. The molecule has 0 bridgehead atoms. The van der Waals surface area contributed by atoms with Crippen LogP contribution in [0.4, 0.5) is 0 Å². The van der Waals surface area contributed by atoms with Crippen LogP contribution >= 0.6 is 0 Å². The molecule has 7 heteroatoms. The molecule has 146 valence electrons. The van der Waals surface area contributed by atoms with Crippen molar-refractivity contribution in [1.29, 1.82) is 0 Å². The molecule has 28 heavy (non-hydrogen) atoms. The van der Waals surface area contributed by atoms with Gasteiger partial charge in [-0.1, -0.05) is 37.3 Å². The van der Waals surface area contributed by atoms with Gasteiger partial charge in [0.15, 0.2) is 17.2 Å². The minimum Gasteiger partial charge on any atom is -0.490 e. The normalized spacial score (nSPS) is 11.0. The molecule has 1 N–H and O–H groups in total. The van der Waals surface area contributed by atoms with Crippen molar-refractivity contribution in [3.63, 3.8) is 0 Å². The van der Waals surface area contributed by atoms with E-state index in [1.54, 1.807) is 44.3 Å². The Hall–Kier alpha value is -3.35. The Morgan fingerprint density at radius 1 is 1.14 bits per heavy atom. The first kappa shape index (κ1) is 19.4. The molecule has 2 aromatic heterocycles. The van der Waals surface area contributed by atoms with Crippen molar-refractivity contribution in [3.8, 4) is 5.75 Å². The number of carboxylic acid groups (broad SMARTS) is 1. The minimum atomic E-state index is -1.17. The largest absolute Gasteiger partial charge is 0.490 e. The van der Waals surface area contributed by atoms with Gasteiger partial charge in [0.2, 0.25) is 0 Å². The average molecular weight is 382 g/mol. The molecule has 0 radical (unpaired) electrons. The van der Waals surface area contributed by atoms with Gasteiger partial charge in [-0.2, -0.15) is 0 Å². The van der Waals surface area contributed by atoms with E-state index in [1.807, 2.05) is 13.0 Å². The highest BCUT2D eigenvalue weighted by atomic mass is 16.5. The molecule has 0 saturated carbocycles. The number of pyridine rings is 1. The van der Waals surface area contributed by atoms with Crippen LogP contribution in [-0.4, -0.2) is 32.6 Å². The molecule has 1 aromatic carbocycles. The lowest BCUT2D eigenvalue weighted by Gasteiger charge is -2.12. The van der Waals surface area contributed by atoms with E-state index in [9.17, 15) is 19.5 Å². The van der Waals surface area contributed by atoms with Crippen LogP contribution in [0.2, 0.25) is 0 Å². The summed E-state index contributed by atoms with van der Waals surface area (Å²) in [7, 11) is 1.59. The van der Waals surface area contributed by atoms with Crippen LogP contribution < -0.4 is 10.3 Å². The van der Waals surface area contributed by atoms with Crippen molar-refractivity contribution < 1.29 is 19.4 Å². The van der Waals surface area contributed by atoms with E-state index in [0.29, 0.717) is 23.2 Å². The molecule has 0 saturated heterocycles. The molecule has 3 aromatic rings. The highest BCUT2D eigenvalue weighted by Crippen LogP contribution is 2.31. The number of rotatable bonds is 7. The van der Waals surface area contributed by atoms with Crippen molar-refractivity contribution in [2.75, 3.05) is 6.61 Å². The average Bonchev–Trinajstić information content (AvgIpc) is 2.96. The lowest BCUT2D eigenvalue weighted by atomic mass is 10.1. The Kier molecular flexibility index (Phi) is 5.35. The first-order chi connectivity index (χ1) is 13.4. The fraction of sp³-hybridized carbons (Fsp3) is 0.286. The van der Waals surface area contributed by atoms with Gasteiger partial charge in [0.1, 0.15) is 5.39 Å². The SMILES string of the molecule is CCOc1c(C(=O)O)n(C)c2cc(CC)n(CC(=O)c3ccccc3)c(=O)c12. The zero-order valence-electron chi connectivity index (χ0n) is 16.1. The van der Waals surface area contributed by atoms with Crippen molar-refractivity contribution in [1.82, 2.24) is 9.13 Å². The summed E-state index contributed by atoms with van der Waals surface area (Å²) in [5.41, 5.74) is 1.14. The number of ketones is 1. The lowest BCUT2D eigenvalue weighted by molar-refractivity contribution is 0.0682. The second-order valence-electron chi connectivity index (χ2n) is 6.40. The van der Waals surface area contributed by atoms with Gasteiger partial charge >= 0.3 is 5.97 Å². The third-order valence-corrected chi connectivity index (χ3v) is 4.76. The Balaban J connectivity index is 2.25. The van der Waals surface area contributed by atoms with E-state index >= 15 is 0 Å². The number of aryl methyl sites for hydroxylation is 2. The molecular weight excluding hydrogens is 360 g/mol. The summed E-state index contributed by atoms with van der Waals surface area (Å²) in [5, 5.41) is 9.77. The topological polar surface area (TPSA) is 90.5 Å². The van der Waals surface area contributed by atoms with E-state index in [0.717, 1.165) is 0 Å². The van der Waals surface area contributed by atoms with Gasteiger partial charge in [0, 0.05) is 18.3 Å². The maximum absolute atomic E-state index is 13.3. The molecule has 0 unspecified atom stereocenters. The van der Waals surface area contributed by atoms with E-state index in [2.05, 4.69) is 0 Å². The van der Waals surface area contributed by atoms with E-state index in [4.69, 9.17) is 4.74 Å². The summed E-state index contributed by atoms with van der Waals surface area (Å²) in [6, 6.07) is 10.5. The van der Waals surface area contributed by atoms with Gasteiger partial charge in [0.05, 0.1) is 18.7 Å². The van der Waals surface area contributed by atoms with Crippen LogP contribution in [0.15, 0.2) is 41.2 Å². The molecule has 0 aliphatic carbocycles. The summed E-state index contributed by atoms with van der Waals surface area (Å²) in [6.45, 7) is 3.71. The Labute approximate surface area is 161 Å². The van der Waals surface area contributed by atoms with E-state index < -0.39 is 11.5 Å². The number of Topliss-reactive ketones (excluding diaryl/α,β-unsaturated/α-hetero) is 1. The zero-order chi connectivity index (χ0) is 20.4. The van der Waals surface area contributed by atoms with Crippen molar-refractivity contribution in [2.45, 2.75) is 26.8 Å². The molecule has 0 atom stereocenters. The Morgan fingerprint density at radius 3 is 2.39 bits per heavy atom. The third-order valence-electron chi connectivity index (χ3n) is 4.76. The maximum atomic E-state index is 13.3. The van der Waals surface area contributed by atoms with Crippen LogP contribution in [0.25, 0.3) is 10.9 Å². The standard InChI is InChI=1S/C21H22N2O5/c1-4-14-11-15-17(19(28-5-2)18(21(26)27)22(15)3)20(25)23(14)12-16(24)13-9-7-6-8-10-13/h6-11H,4-5,12H2,1-3H3,(H,26,27). The summed E-state index contributed by atoms with van der Waals surface area (Å²) in [5.74, 6) is -1.32. The van der Waals surface area contributed by atoms with Gasteiger partial charge < -0.3 is 19.0 Å². The number of carbonyl (C=O) groups is 2. The van der Waals surface area contributed by atoms with Gasteiger partial charge in [-0.05, 0) is 19.4 Å². The van der Waals surface area contributed by atoms with Crippen molar-refractivity contribution in [3.05, 3.63) is 63.7 Å². The van der Waals surface area contributed by atoms with Gasteiger partial charge in [-0.3, -0.25) is 9.59 Å². The molecule has 0 aliphatic rings. The molecule has 0 amide bonds. The molecule has 3 rings (SSSR count). The maximum Gasteiger partial charge on any atom is 0.356 e. The number of aromatic nitrogens is 2. The monoisotopic (exact) mass is 382 g/mol. The minimum absolute atomic E-state index is 0.0427. The first-order valence-electron chi connectivity index (χ1n) is 9.10. The number of benzene rings is 1. The molecule has 7 nitrogen and oxygen atoms in total. The first-order valence-corrected chi connectivity index (χ1v) is 9.10. The number of ether oxygens (including phenoxy) is 1. The van der Waals surface area contributed by atoms with Crippen LogP contribution in [-0.2, 0) is 20.0 Å². The smallest absolute Gasteiger partial charge is 0.356 e. The summed E-state index contributed by atoms with van der Waals surface area (Å²) in [4.78, 5) is 37.7. The third kappa shape index (κ3) is 3.19. The fourth-order valence-corrected chi connectivity index (χ4v) is 3.40. The van der Waals surface area contributed by atoms with Crippen LogP contribution in [0.1, 0.15) is 40.4 Å².